The lowest BCUT2D eigenvalue weighted by Gasteiger charge is -2.10. The summed E-state index contributed by atoms with van der Waals surface area (Å²) < 4.78 is 2.47. The molecular weight excluding hydrogens is 208 g/mol. The molecule has 0 N–H and O–H groups in total. The highest BCUT2D eigenvalue weighted by atomic mass is 15.0. The van der Waals surface area contributed by atoms with Gasteiger partial charge in [0.05, 0.1) is 11.2 Å². The third-order valence-electron chi connectivity index (χ3n) is 5.09. The van der Waals surface area contributed by atoms with E-state index in [4.69, 9.17) is 0 Å². The third-order valence-corrected chi connectivity index (χ3v) is 5.09. The molecule has 0 saturated heterocycles. The Bertz CT molecular complexity index is 642. The average molecular weight is 224 g/mol. The van der Waals surface area contributed by atoms with Gasteiger partial charge >= 0.3 is 0 Å². The van der Waals surface area contributed by atoms with Crippen LogP contribution in [-0.2, 0) is 5.41 Å². The summed E-state index contributed by atoms with van der Waals surface area (Å²) in [5, 5.41) is 1.49. The van der Waals surface area contributed by atoms with E-state index in [1.807, 2.05) is 0 Å². The first kappa shape index (κ1) is 8.73. The zero-order valence-corrected chi connectivity index (χ0v) is 10.1. The molecule has 0 aliphatic heterocycles. The van der Waals surface area contributed by atoms with Crippen LogP contribution in [0.5, 0.6) is 0 Å². The summed E-state index contributed by atoms with van der Waals surface area (Å²) in [5.41, 5.74) is 4.74. The van der Waals surface area contributed by atoms with E-state index in [1.54, 1.807) is 5.56 Å². The second-order valence-electron chi connectivity index (χ2n) is 6.24. The maximum atomic E-state index is 4.66. The fraction of sp³-hybridized carbons (Fsp3) is 0.533. The van der Waals surface area contributed by atoms with Gasteiger partial charge < -0.3 is 4.57 Å². The van der Waals surface area contributed by atoms with Gasteiger partial charge in [0.1, 0.15) is 0 Å². The Morgan fingerprint density at radius 1 is 1.35 bits per heavy atom. The number of pyridine rings is 1. The SMILES string of the molecule is Cc1ncc(C23CC2C3)c2ccn(C3CC3)c12. The van der Waals surface area contributed by atoms with Crippen molar-refractivity contribution in [3.63, 3.8) is 0 Å². The normalized spacial score (nSPS) is 33.8. The van der Waals surface area contributed by atoms with Crippen LogP contribution in [0.1, 0.15) is 43.0 Å². The van der Waals surface area contributed by atoms with Crippen molar-refractivity contribution in [3.8, 4) is 0 Å². The lowest BCUT2D eigenvalue weighted by atomic mass is 10.0. The van der Waals surface area contributed by atoms with Crippen molar-refractivity contribution >= 4 is 10.9 Å². The fourth-order valence-corrected chi connectivity index (χ4v) is 3.53. The van der Waals surface area contributed by atoms with Gasteiger partial charge in [0.15, 0.2) is 0 Å². The molecule has 3 saturated carbocycles. The van der Waals surface area contributed by atoms with Gasteiger partial charge in [0, 0.05) is 29.2 Å². The summed E-state index contributed by atoms with van der Waals surface area (Å²) >= 11 is 0. The molecule has 2 heteroatoms. The number of hydrogen-bond acceptors (Lipinski definition) is 1. The van der Waals surface area contributed by atoms with Crippen LogP contribution in [0.3, 0.4) is 0 Å². The summed E-state index contributed by atoms with van der Waals surface area (Å²) in [4.78, 5) is 4.66. The van der Waals surface area contributed by atoms with Crippen LogP contribution >= 0.6 is 0 Å². The first-order chi connectivity index (χ1) is 8.29. The number of rotatable bonds is 2. The van der Waals surface area contributed by atoms with Gasteiger partial charge in [-0.25, -0.2) is 0 Å². The van der Waals surface area contributed by atoms with Crippen LogP contribution < -0.4 is 0 Å². The van der Waals surface area contributed by atoms with Crippen molar-refractivity contribution in [2.24, 2.45) is 5.92 Å². The number of nitrogens with zero attached hydrogens (tertiary/aromatic N) is 2. The van der Waals surface area contributed by atoms with Gasteiger partial charge in [-0.15, -0.1) is 0 Å². The molecule has 2 aromatic heterocycles. The quantitative estimate of drug-likeness (QED) is 0.765. The molecule has 0 aromatic carbocycles. The third kappa shape index (κ3) is 0.958. The minimum Gasteiger partial charge on any atom is -0.343 e. The highest BCUT2D eigenvalue weighted by Gasteiger charge is 2.70. The highest BCUT2D eigenvalue weighted by Crippen LogP contribution is 2.76. The van der Waals surface area contributed by atoms with E-state index in [0.717, 1.165) is 12.0 Å². The van der Waals surface area contributed by atoms with Gasteiger partial charge in [-0.05, 0) is 50.2 Å². The molecule has 2 nitrogen and oxygen atoms in total. The molecule has 3 aliphatic carbocycles. The van der Waals surface area contributed by atoms with E-state index in [2.05, 4.69) is 34.9 Å². The van der Waals surface area contributed by atoms with Crippen LogP contribution in [0.4, 0.5) is 0 Å². The monoisotopic (exact) mass is 224 g/mol. The number of fused-ring (bicyclic) bond motifs is 2. The van der Waals surface area contributed by atoms with Gasteiger partial charge in [0.25, 0.3) is 0 Å². The first-order valence-corrected chi connectivity index (χ1v) is 6.76. The van der Waals surface area contributed by atoms with E-state index < -0.39 is 0 Å². The van der Waals surface area contributed by atoms with Crippen LogP contribution in [0, 0.1) is 12.8 Å². The van der Waals surface area contributed by atoms with Crippen molar-refractivity contribution in [3.05, 3.63) is 29.7 Å². The Morgan fingerprint density at radius 3 is 2.76 bits per heavy atom. The molecule has 2 heterocycles. The molecule has 0 amide bonds. The van der Waals surface area contributed by atoms with Crippen LogP contribution in [0.15, 0.2) is 18.5 Å². The van der Waals surface area contributed by atoms with E-state index in [-0.39, 0.29) is 0 Å². The number of aryl methyl sites for hydroxylation is 1. The molecule has 0 radical (unpaired) electrons. The van der Waals surface area contributed by atoms with Crippen molar-refractivity contribution in [2.45, 2.75) is 44.1 Å². The second kappa shape index (κ2) is 2.43. The predicted molar refractivity (Wildman–Crippen MR) is 67.1 cm³/mol. The van der Waals surface area contributed by atoms with Crippen LogP contribution in [-0.4, -0.2) is 9.55 Å². The zero-order chi connectivity index (χ0) is 11.2. The molecule has 2 aromatic rings. The highest BCUT2D eigenvalue weighted by molar-refractivity contribution is 5.87. The van der Waals surface area contributed by atoms with E-state index in [0.29, 0.717) is 5.41 Å². The maximum Gasteiger partial charge on any atom is 0.0702 e. The Kier molecular flexibility index (Phi) is 1.25. The minimum absolute atomic E-state index is 0.578. The minimum atomic E-state index is 0.578. The van der Waals surface area contributed by atoms with Crippen molar-refractivity contribution < 1.29 is 0 Å². The second-order valence-corrected chi connectivity index (χ2v) is 6.24. The van der Waals surface area contributed by atoms with Crippen molar-refractivity contribution in [1.29, 1.82) is 0 Å². The van der Waals surface area contributed by atoms with Crippen LogP contribution in [0.25, 0.3) is 10.9 Å². The molecule has 0 bridgehead atoms. The molecule has 0 unspecified atom stereocenters. The van der Waals surface area contributed by atoms with E-state index in [1.165, 1.54) is 42.3 Å². The molecule has 17 heavy (non-hydrogen) atoms. The molecule has 5 rings (SSSR count). The van der Waals surface area contributed by atoms with Crippen molar-refractivity contribution in [2.75, 3.05) is 0 Å². The number of aromatic nitrogens is 2. The predicted octanol–water partition coefficient (Wildman–Crippen LogP) is 3.34. The molecule has 3 aliphatic rings. The summed E-state index contributed by atoms with van der Waals surface area (Å²) in [7, 11) is 0. The lowest BCUT2D eigenvalue weighted by Crippen LogP contribution is -2.00. The summed E-state index contributed by atoms with van der Waals surface area (Å²) in [6.07, 6.45) is 9.98. The van der Waals surface area contributed by atoms with E-state index >= 15 is 0 Å². The summed E-state index contributed by atoms with van der Waals surface area (Å²) in [5.74, 6) is 1.000. The summed E-state index contributed by atoms with van der Waals surface area (Å²) in [6, 6.07) is 3.09. The zero-order valence-electron chi connectivity index (χ0n) is 10.1. The van der Waals surface area contributed by atoms with Crippen LogP contribution in [0.2, 0.25) is 0 Å². The fourth-order valence-electron chi connectivity index (χ4n) is 3.53. The molecule has 0 spiro atoms. The van der Waals surface area contributed by atoms with Gasteiger partial charge in [0.2, 0.25) is 0 Å². The Morgan fingerprint density at radius 2 is 2.12 bits per heavy atom. The summed E-state index contributed by atoms with van der Waals surface area (Å²) in [6.45, 7) is 2.15. The molecule has 86 valence electrons. The largest absolute Gasteiger partial charge is 0.343 e. The first-order valence-electron chi connectivity index (χ1n) is 6.76. The molecule has 3 fully saturated rings. The average Bonchev–Trinajstić information content (AvgIpc) is 3.15. The molecule has 0 atom stereocenters. The van der Waals surface area contributed by atoms with Crippen molar-refractivity contribution in [1.82, 2.24) is 9.55 Å². The topological polar surface area (TPSA) is 17.8 Å². The number of hydrogen-bond donors (Lipinski definition) is 0. The lowest BCUT2D eigenvalue weighted by molar-refractivity contribution is 0.770. The van der Waals surface area contributed by atoms with Gasteiger partial charge in [-0.3, -0.25) is 4.98 Å². The van der Waals surface area contributed by atoms with E-state index in [9.17, 15) is 0 Å². The maximum absolute atomic E-state index is 4.66. The smallest absolute Gasteiger partial charge is 0.0702 e. The van der Waals surface area contributed by atoms with Gasteiger partial charge in [-0.2, -0.15) is 0 Å². The Labute approximate surface area is 101 Å². The Balaban J connectivity index is 1.83. The molecular formula is C15H16N2. The standard InChI is InChI=1S/C15H16N2/c1-9-14-12(4-5-17(14)11-2-3-11)13(8-16-9)15-6-10(15)7-15/h4-5,8,10-11H,2-3,6-7H2,1H3. The van der Waals surface area contributed by atoms with Gasteiger partial charge in [-0.1, -0.05) is 0 Å². The Hall–Kier alpha value is -1.31.